The molecule has 74 valence electrons. The van der Waals surface area contributed by atoms with Gasteiger partial charge < -0.3 is 4.84 Å². The molecule has 0 saturated heterocycles. The van der Waals surface area contributed by atoms with Crippen molar-refractivity contribution in [3.63, 3.8) is 0 Å². The van der Waals surface area contributed by atoms with E-state index in [1.807, 2.05) is 0 Å². The Morgan fingerprint density at radius 3 is 2.50 bits per heavy atom. The minimum absolute atomic E-state index is 0.393. The summed E-state index contributed by atoms with van der Waals surface area (Å²) < 4.78 is 36.4. The van der Waals surface area contributed by atoms with Gasteiger partial charge in [-0.15, -0.1) is 13.2 Å². The molecular formula is C9H6F3NO. The number of halogens is 3. The molecule has 0 saturated carbocycles. The second-order valence-corrected chi connectivity index (χ2v) is 2.74. The quantitative estimate of drug-likeness (QED) is 0.691. The molecule has 1 aromatic heterocycles. The molecule has 0 aliphatic heterocycles. The molecule has 5 heteroatoms. The molecule has 0 atom stereocenters. The van der Waals surface area contributed by atoms with Crippen LogP contribution in [-0.4, -0.2) is 11.1 Å². The first kappa shape index (κ1) is 8.93. The number of hydrogen-bond donors (Lipinski definition) is 0. The lowest BCUT2D eigenvalue weighted by atomic mass is 10.3. The molecule has 14 heavy (non-hydrogen) atoms. The average Bonchev–Trinajstić information content (AvgIpc) is 2.47. The first-order valence-electron chi connectivity index (χ1n) is 3.88. The van der Waals surface area contributed by atoms with Crippen LogP contribution in [0.2, 0.25) is 0 Å². The summed E-state index contributed by atoms with van der Waals surface area (Å²) in [4.78, 5) is 3.77. The van der Waals surface area contributed by atoms with Crippen molar-refractivity contribution in [2.75, 3.05) is 0 Å². The van der Waals surface area contributed by atoms with Gasteiger partial charge in [0.1, 0.15) is 0 Å². The highest BCUT2D eigenvalue weighted by atomic mass is 19.4. The molecule has 0 amide bonds. The van der Waals surface area contributed by atoms with Crippen LogP contribution in [0.1, 0.15) is 0 Å². The van der Waals surface area contributed by atoms with E-state index in [4.69, 9.17) is 0 Å². The second-order valence-electron chi connectivity index (χ2n) is 2.74. The van der Waals surface area contributed by atoms with Crippen molar-refractivity contribution in [1.82, 2.24) is 4.73 Å². The predicted molar refractivity (Wildman–Crippen MR) is 44.6 cm³/mol. The number of hydrogen-bond acceptors (Lipinski definition) is 1. The highest BCUT2D eigenvalue weighted by molar-refractivity contribution is 5.79. The molecule has 0 spiro atoms. The lowest BCUT2D eigenvalue weighted by Crippen LogP contribution is -2.26. The zero-order valence-corrected chi connectivity index (χ0v) is 6.95. The van der Waals surface area contributed by atoms with Gasteiger partial charge >= 0.3 is 6.36 Å². The number of nitrogens with zero attached hydrogens (tertiary/aromatic N) is 1. The Kier molecular flexibility index (Phi) is 1.87. The average molecular weight is 201 g/mol. The van der Waals surface area contributed by atoms with Crippen LogP contribution in [0.25, 0.3) is 10.9 Å². The molecule has 0 bridgehead atoms. The SMILES string of the molecule is FC(F)(F)On1ccc2ccccc21. The van der Waals surface area contributed by atoms with Gasteiger partial charge in [-0.1, -0.05) is 18.2 Å². The van der Waals surface area contributed by atoms with Crippen LogP contribution in [0.4, 0.5) is 13.2 Å². The van der Waals surface area contributed by atoms with Crippen LogP contribution >= 0.6 is 0 Å². The lowest BCUT2D eigenvalue weighted by molar-refractivity contribution is -0.321. The third kappa shape index (κ3) is 1.66. The summed E-state index contributed by atoms with van der Waals surface area (Å²) in [5.74, 6) is 0. The maximum atomic E-state index is 11.9. The zero-order chi connectivity index (χ0) is 10.2. The third-order valence-corrected chi connectivity index (χ3v) is 1.77. The number of aromatic nitrogens is 1. The second kappa shape index (κ2) is 2.94. The maximum Gasteiger partial charge on any atom is 0.591 e. The van der Waals surface area contributed by atoms with E-state index in [0.29, 0.717) is 15.6 Å². The lowest BCUT2D eigenvalue weighted by Gasteiger charge is -2.09. The van der Waals surface area contributed by atoms with Crippen molar-refractivity contribution >= 4 is 10.9 Å². The Labute approximate surface area is 77.5 Å². The third-order valence-electron chi connectivity index (χ3n) is 1.77. The fourth-order valence-corrected chi connectivity index (χ4v) is 1.25. The van der Waals surface area contributed by atoms with E-state index in [1.165, 1.54) is 6.20 Å². The van der Waals surface area contributed by atoms with Crippen molar-refractivity contribution in [2.45, 2.75) is 6.36 Å². The van der Waals surface area contributed by atoms with Gasteiger partial charge in [-0.05, 0) is 12.1 Å². The van der Waals surface area contributed by atoms with E-state index in [0.717, 1.165) is 0 Å². The fourth-order valence-electron chi connectivity index (χ4n) is 1.25. The van der Waals surface area contributed by atoms with Crippen LogP contribution in [-0.2, 0) is 0 Å². The molecule has 0 unspecified atom stereocenters. The van der Waals surface area contributed by atoms with Crippen LogP contribution in [0.5, 0.6) is 0 Å². The number of alkyl halides is 3. The summed E-state index contributed by atoms with van der Waals surface area (Å²) in [5, 5.41) is 0.705. The smallest absolute Gasteiger partial charge is 0.313 e. The Morgan fingerprint density at radius 1 is 1.07 bits per heavy atom. The zero-order valence-electron chi connectivity index (χ0n) is 6.95. The predicted octanol–water partition coefficient (Wildman–Crippen LogP) is 2.59. The number of benzene rings is 1. The topological polar surface area (TPSA) is 14.2 Å². The van der Waals surface area contributed by atoms with Crippen molar-refractivity contribution in [3.05, 3.63) is 36.5 Å². The Bertz CT molecular complexity index is 446. The van der Waals surface area contributed by atoms with Gasteiger partial charge in [-0.3, -0.25) is 0 Å². The number of fused-ring (bicyclic) bond motifs is 1. The van der Waals surface area contributed by atoms with Crippen molar-refractivity contribution in [1.29, 1.82) is 0 Å². The minimum atomic E-state index is -4.66. The van der Waals surface area contributed by atoms with Gasteiger partial charge in [0.15, 0.2) is 0 Å². The van der Waals surface area contributed by atoms with E-state index >= 15 is 0 Å². The maximum absolute atomic E-state index is 11.9. The first-order chi connectivity index (χ1) is 6.56. The summed E-state index contributed by atoms with van der Waals surface area (Å²) in [6, 6.07) is 8.23. The normalized spacial score (nSPS) is 11.9. The summed E-state index contributed by atoms with van der Waals surface area (Å²) in [6.07, 6.45) is -3.43. The van der Waals surface area contributed by atoms with Crippen molar-refractivity contribution in [3.8, 4) is 0 Å². The summed E-state index contributed by atoms with van der Waals surface area (Å²) in [7, 11) is 0. The largest absolute Gasteiger partial charge is 0.591 e. The Morgan fingerprint density at radius 2 is 1.79 bits per heavy atom. The van der Waals surface area contributed by atoms with E-state index in [2.05, 4.69) is 4.84 Å². The van der Waals surface area contributed by atoms with E-state index in [9.17, 15) is 13.2 Å². The Balaban J connectivity index is 2.44. The van der Waals surface area contributed by atoms with Crippen molar-refractivity contribution in [2.24, 2.45) is 0 Å². The molecule has 2 nitrogen and oxygen atoms in total. The van der Waals surface area contributed by atoms with Gasteiger partial charge in [0.25, 0.3) is 0 Å². The molecule has 2 rings (SSSR count). The molecule has 0 fully saturated rings. The molecule has 0 aliphatic rings. The van der Waals surface area contributed by atoms with Gasteiger partial charge in [-0.25, -0.2) is 0 Å². The van der Waals surface area contributed by atoms with E-state index in [-0.39, 0.29) is 0 Å². The number of rotatable bonds is 1. The molecule has 0 N–H and O–H groups in total. The number of para-hydroxylation sites is 1. The highest BCUT2D eigenvalue weighted by Gasteiger charge is 2.32. The molecule has 2 aromatic rings. The monoisotopic (exact) mass is 201 g/mol. The van der Waals surface area contributed by atoms with Gasteiger partial charge in [0.05, 0.1) is 5.52 Å². The van der Waals surface area contributed by atoms with Gasteiger partial charge in [-0.2, -0.15) is 4.73 Å². The molecule has 0 radical (unpaired) electrons. The molecular weight excluding hydrogens is 195 g/mol. The van der Waals surface area contributed by atoms with Gasteiger partial charge in [0, 0.05) is 11.6 Å². The van der Waals surface area contributed by atoms with E-state index < -0.39 is 6.36 Å². The summed E-state index contributed by atoms with van der Waals surface area (Å²) in [5.41, 5.74) is 0.393. The standard InChI is InChI=1S/C9H6F3NO/c10-9(11,12)14-13-6-5-7-3-1-2-4-8(7)13/h1-6H. The minimum Gasteiger partial charge on any atom is -0.313 e. The van der Waals surface area contributed by atoms with Crippen LogP contribution < -0.4 is 4.84 Å². The molecule has 1 aromatic carbocycles. The van der Waals surface area contributed by atoms with Gasteiger partial charge in [0.2, 0.25) is 0 Å². The van der Waals surface area contributed by atoms with Crippen molar-refractivity contribution < 1.29 is 18.0 Å². The first-order valence-corrected chi connectivity index (χ1v) is 3.88. The van der Waals surface area contributed by atoms with Crippen LogP contribution in [0.3, 0.4) is 0 Å². The summed E-state index contributed by atoms with van der Waals surface area (Å²) >= 11 is 0. The summed E-state index contributed by atoms with van der Waals surface area (Å²) in [6.45, 7) is 0. The molecule has 0 aliphatic carbocycles. The van der Waals surface area contributed by atoms with Crippen LogP contribution in [0, 0.1) is 0 Å². The fraction of sp³-hybridized carbons (Fsp3) is 0.111. The van der Waals surface area contributed by atoms with Crippen LogP contribution in [0.15, 0.2) is 36.5 Å². The Hall–Kier alpha value is -1.65. The molecule has 1 heterocycles. The van der Waals surface area contributed by atoms with E-state index in [1.54, 1.807) is 30.3 Å². The highest BCUT2D eigenvalue weighted by Crippen LogP contribution is 2.18.